The van der Waals surface area contributed by atoms with Gasteiger partial charge in [-0.2, -0.15) is 26.3 Å². The highest BCUT2D eigenvalue weighted by Gasteiger charge is 2.37. The molecule has 3 aromatic carbocycles. The molecular formula is C22H16BrF6N. The molecule has 1 aliphatic heterocycles. The second kappa shape index (κ2) is 8.07. The molecule has 0 atom stereocenters. The van der Waals surface area contributed by atoms with Crippen LogP contribution in [0.5, 0.6) is 0 Å². The summed E-state index contributed by atoms with van der Waals surface area (Å²) in [5.41, 5.74) is 0.797. The van der Waals surface area contributed by atoms with Gasteiger partial charge in [-0.15, -0.1) is 17.0 Å². The molecule has 0 saturated heterocycles. The first-order valence-electron chi connectivity index (χ1n) is 8.85. The lowest BCUT2D eigenvalue weighted by atomic mass is 9.88. The van der Waals surface area contributed by atoms with E-state index in [1.165, 1.54) is 0 Å². The highest BCUT2D eigenvalue weighted by atomic mass is 79.9. The second-order valence-electron chi connectivity index (χ2n) is 6.89. The van der Waals surface area contributed by atoms with Crippen LogP contribution in [-0.4, -0.2) is 0 Å². The van der Waals surface area contributed by atoms with E-state index in [4.69, 9.17) is 0 Å². The van der Waals surface area contributed by atoms with E-state index in [0.717, 1.165) is 28.8 Å². The Labute approximate surface area is 179 Å². The van der Waals surface area contributed by atoms with Crippen LogP contribution < -0.4 is 5.32 Å². The van der Waals surface area contributed by atoms with Gasteiger partial charge in [-0.1, -0.05) is 42.5 Å². The molecule has 0 spiro atoms. The first kappa shape index (κ1) is 22.4. The van der Waals surface area contributed by atoms with Crippen molar-refractivity contribution in [2.45, 2.75) is 25.4 Å². The monoisotopic (exact) mass is 487 g/mol. The van der Waals surface area contributed by atoms with Crippen LogP contribution >= 0.6 is 17.0 Å². The first-order chi connectivity index (χ1) is 13.6. The Hall–Kier alpha value is -2.32. The van der Waals surface area contributed by atoms with Crippen molar-refractivity contribution >= 4 is 17.0 Å². The normalized spacial score (nSPS) is 13.7. The third-order valence-corrected chi connectivity index (χ3v) is 4.97. The van der Waals surface area contributed by atoms with E-state index in [-0.39, 0.29) is 28.6 Å². The highest BCUT2D eigenvalue weighted by Crippen LogP contribution is 2.43. The minimum atomic E-state index is -4.89. The van der Waals surface area contributed by atoms with Gasteiger partial charge in [0.15, 0.2) is 0 Å². The molecule has 0 radical (unpaired) electrons. The quantitative estimate of drug-likeness (QED) is 0.356. The van der Waals surface area contributed by atoms with Crippen LogP contribution in [0.2, 0.25) is 0 Å². The van der Waals surface area contributed by atoms with Gasteiger partial charge in [-0.25, -0.2) is 0 Å². The number of alkyl halides is 6. The fraction of sp³-hybridized carbons (Fsp3) is 0.182. The standard InChI is InChI=1S/C22H15F6N.BrH/c23-21(24,25)16-8-15(9-17(10-16)22(26,27)28)19-7-3-5-14-12-29-11-13-4-1-2-6-18(13)20(14)19;/h1-10,29H,11-12H2;1H. The van der Waals surface area contributed by atoms with Crippen LogP contribution in [0.15, 0.2) is 60.7 Å². The molecule has 30 heavy (non-hydrogen) atoms. The Bertz CT molecular complexity index is 1040. The van der Waals surface area contributed by atoms with Crippen LogP contribution in [0.4, 0.5) is 26.3 Å². The molecule has 0 bridgehead atoms. The number of hydrogen-bond donors (Lipinski definition) is 1. The summed E-state index contributed by atoms with van der Waals surface area (Å²) >= 11 is 0. The van der Waals surface area contributed by atoms with E-state index in [1.807, 2.05) is 24.3 Å². The summed E-state index contributed by atoms with van der Waals surface area (Å²) in [7, 11) is 0. The molecule has 4 rings (SSSR count). The Morgan fingerprint density at radius 2 is 1.17 bits per heavy atom. The predicted octanol–water partition coefficient (Wildman–Crippen LogP) is 7.24. The average molecular weight is 488 g/mol. The Balaban J connectivity index is 0.00000256. The van der Waals surface area contributed by atoms with E-state index >= 15 is 0 Å². The smallest absolute Gasteiger partial charge is 0.309 e. The molecule has 8 heteroatoms. The van der Waals surface area contributed by atoms with E-state index < -0.39 is 23.5 Å². The summed E-state index contributed by atoms with van der Waals surface area (Å²) < 4.78 is 79.9. The van der Waals surface area contributed by atoms with Gasteiger partial charge in [0.2, 0.25) is 0 Å². The van der Waals surface area contributed by atoms with Crippen molar-refractivity contribution < 1.29 is 26.3 Å². The number of benzene rings is 3. The average Bonchev–Trinajstić information content (AvgIpc) is 2.85. The van der Waals surface area contributed by atoms with Crippen molar-refractivity contribution in [3.63, 3.8) is 0 Å². The molecule has 0 fully saturated rings. The van der Waals surface area contributed by atoms with E-state index in [1.54, 1.807) is 18.2 Å². The van der Waals surface area contributed by atoms with Crippen LogP contribution in [0, 0.1) is 0 Å². The van der Waals surface area contributed by atoms with E-state index in [9.17, 15) is 26.3 Å². The topological polar surface area (TPSA) is 12.0 Å². The molecule has 0 aliphatic carbocycles. The van der Waals surface area contributed by atoms with Gasteiger partial charge in [0.1, 0.15) is 0 Å². The van der Waals surface area contributed by atoms with Gasteiger partial charge in [0, 0.05) is 13.1 Å². The van der Waals surface area contributed by atoms with Gasteiger partial charge < -0.3 is 5.32 Å². The van der Waals surface area contributed by atoms with Crippen LogP contribution in [-0.2, 0) is 25.4 Å². The minimum Gasteiger partial charge on any atom is -0.309 e. The van der Waals surface area contributed by atoms with Crippen molar-refractivity contribution in [1.82, 2.24) is 5.32 Å². The lowest BCUT2D eigenvalue weighted by Crippen LogP contribution is -2.11. The molecule has 1 nitrogen and oxygen atoms in total. The summed E-state index contributed by atoms with van der Waals surface area (Å²) in [6.45, 7) is 1.02. The molecule has 1 heterocycles. The van der Waals surface area contributed by atoms with Crippen LogP contribution in [0.1, 0.15) is 22.3 Å². The number of fused-ring (bicyclic) bond motifs is 3. The first-order valence-corrected chi connectivity index (χ1v) is 8.85. The molecule has 0 unspecified atom stereocenters. The van der Waals surface area contributed by atoms with Gasteiger partial charge >= 0.3 is 12.4 Å². The molecule has 158 valence electrons. The van der Waals surface area contributed by atoms with Gasteiger partial charge in [0.05, 0.1) is 11.1 Å². The molecular weight excluding hydrogens is 472 g/mol. The van der Waals surface area contributed by atoms with Crippen molar-refractivity contribution in [2.24, 2.45) is 0 Å². The molecule has 0 amide bonds. The Kier molecular flexibility index (Phi) is 6.02. The number of nitrogens with one attached hydrogen (secondary N) is 1. The zero-order valence-electron chi connectivity index (χ0n) is 15.4. The third-order valence-electron chi connectivity index (χ3n) is 4.97. The summed E-state index contributed by atoms with van der Waals surface area (Å²) in [4.78, 5) is 0. The van der Waals surface area contributed by atoms with Gasteiger partial charge in [-0.3, -0.25) is 0 Å². The summed E-state index contributed by atoms with van der Waals surface area (Å²) in [6, 6.07) is 14.1. The largest absolute Gasteiger partial charge is 0.416 e. The van der Waals surface area contributed by atoms with Crippen LogP contribution in [0.3, 0.4) is 0 Å². The van der Waals surface area contributed by atoms with Gasteiger partial charge in [0.25, 0.3) is 0 Å². The van der Waals surface area contributed by atoms with Crippen molar-refractivity contribution in [1.29, 1.82) is 0 Å². The summed E-state index contributed by atoms with van der Waals surface area (Å²) in [6.07, 6.45) is -9.78. The van der Waals surface area contributed by atoms with Crippen molar-refractivity contribution in [3.05, 3.63) is 82.9 Å². The predicted molar refractivity (Wildman–Crippen MR) is 108 cm³/mol. The number of hydrogen-bond acceptors (Lipinski definition) is 1. The summed E-state index contributed by atoms with van der Waals surface area (Å²) in [5, 5.41) is 3.25. The van der Waals surface area contributed by atoms with Crippen molar-refractivity contribution in [3.8, 4) is 22.3 Å². The third kappa shape index (κ3) is 4.25. The maximum Gasteiger partial charge on any atom is 0.416 e. The summed E-state index contributed by atoms with van der Waals surface area (Å²) in [5.74, 6) is 0. The molecule has 0 saturated carbocycles. The van der Waals surface area contributed by atoms with Gasteiger partial charge in [-0.05, 0) is 51.6 Å². The van der Waals surface area contributed by atoms with Crippen LogP contribution in [0.25, 0.3) is 22.3 Å². The van der Waals surface area contributed by atoms with E-state index in [2.05, 4.69) is 5.32 Å². The second-order valence-corrected chi connectivity index (χ2v) is 6.89. The zero-order chi connectivity index (χ0) is 20.8. The number of halogens is 7. The highest BCUT2D eigenvalue weighted by molar-refractivity contribution is 8.93. The minimum absolute atomic E-state index is 0. The molecule has 3 aromatic rings. The molecule has 1 N–H and O–H groups in total. The SMILES string of the molecule is Br.FC(F)(F)c1cc(-c2cccc3c2-c2ccccc2CNC3)cc(C(F)(F)F)c1. The zero-order valence-corrected chi connectivity index (χ0v) is 17.1. The fourth-order valence-corrected chi connectivity index (χ4v) is 3.67. The van der Waals surface area contributed by atoms with E-state index in [0.29, 0.717) is 24.2 Å². The lowest BCUT2D eigenvalue weighted by Gasteiger charge is -2.18. The lowest BCUT2D eigenvalue weighted by molar-refractivity contribution is -0.143. The Morgan fingerprint density at radius 3 is 1.80 bits per heavy atom. The maximum absolute atomic E-state index is 13.3. The van der Waals surface area contributed by atoms with Crippen molar-refractivity contribution in [2.75, 3.05) is 0 Å². The maximum atomic E-state index is 13.3. The molecule has 1 aliphatic rings. The Morgan fingerprint density at radius 1 is 0.633 bits per heavy atom. The fourth-order valence-electron chi connectivity index (χ4n) is 3.67. The molecule has 0 aromatic heterocycles. The number of rotatable bonds is 1.